The van der Waals surface area contributed by atoms with Gasteiger partial charge in [-0.05, 0) is 24.3 Å². The molecule has 0 bridgehead atoms. The van der Waals surface area contributed by atoms with Gasteiger partial charge in [0.05, 0.1) is 5.69 Å². The van der Waals surface area contributed by atoms with Crippen LogP contribution in [0.25, 0.3) is 0 Å². The molecule has 0 atom stereocenters. The lowest BCUT2D eigenvalue weighted by Gasteiger charge is -2.27. The van der Waals surface area contributed by atoms with Gasteiger partial charge in [0, 0.05) is 0 Å². The summed E-state index contributed by atoms with van der Waals surface area (Å²) in [7, 11) is 0. The maximum absolute atomic E-state index is 11.4. The van der Waals surface area contributed by atoms with E-state index in [0.29, 0.717) is 17.2 Å². The zero-order valence-corrected chi connectivity index (χ0v) is 11.2. The van der Waals surface area contributed by atoms with E-state index in [2.05, 4.69) is 4.74 Å². The van der Waals surface area contributed by atoms with Gasteiger partial charge in [0.25, 0.3) is 0 Å². The smallest absolute Gasteiger partial charge is 0.333 e. The van der Waals surface area contributed by atoms with E-state index in [1.54, 1.807) is 11.0 Å². The molecular weight excluding hydrogens is 270 g/mol. The van der Waals surface area contributed by atoms with Crippen LogP contribution in [0.5, 0.6) is 11.5 Å². The fourth-order valence-electron chi connectivity index (χ4n) is 2.15. The van der Waals surface area contributed by atoms with Gasteiger partial charge in [-0.15, -0.1) is 0 Å². The molecule has 2 aromatic rings. The molecule has 0 saturated carbocycles. The molecule has 1 heterocycles. The second kappa shape index (κ2) is 5.66. The molecule has 1 saturated heterocycles. The molecule has 1 aliphatic heterocycles. The van der Waals surface area contributed by atoms with Crippen molar-refractivity contribution in [2.45, 2.75) is 0 Å². The van der Waals surface area contributed by atoms with Gasteiger partial charge < -0.3 is 14.4 Å². The number of carbonyl (C=O) groups is 2. The number of ether oxygens (including phenoxy) is 2. The monoisotopic (exact) mass is 283 g/mol. The van der Waals surface area contributed by atoms with Crippen LogP contribution >= 0.6 is 0 Å². The molecule has 1 fully saturated rings. The van der Waals surface area contributed by atoms with Crippen LogP contribution in [0.1, 0.15) is 0 Å². The molecule has 3 rings (SSSR count). The summed E-state index contributed by atoms with van der Waals surface area (Å²) in [4.78, 5) is 24.4. The predicted molar refractivity (Wildman–Crippen MR) is 76.3 cm³/mol. The Morgan fingerprint density at radius 3 is 2.19 bits per heavy atom. The van der Waals surface area contributed by atoms with Crippen LogP contribution in [0.15, 0.2) is 54.6 Å². The van der Waals surface area contributed by atoms with Gasteiger partial charge in [0.2, 0.25) is 0 Å². The second-order valence-electron chi connectivity index (χ2n) is 4.58. The van der Waals surface area contributed by atoms with Gasteiger partial charge in [-0.3, -0.25) is 0 Å². The molecule has 106 valence electrons. The maximum atomic E-state index is 11.4. The van der Waals surface area contributed by atoms with Crippen LogP contribution in [-0.2, 0) is 14.3 Å². The third-order valence-electron chi connectivity index (χ3n) is 3.04. The van der Waals surface area contributed by atoms with E-state index in [0.717, 1.165) is 0 Å². The first kappa shape index (κ1) is 13.2. The minimum atomic E-state index is -0.555. The van der Waals surface area contributed by atoms with Crippen molar-refractivity contribution in [1.82, 2.24) is 0 Å². The Hall–Kier alpha value is -2.82. The number of benzene rings is 2. The SMILES string of the molecule is O=C1CN(c2ccccc2Oc2ccccc2)CC(=O)O1. The Bertz CT molecular complexity index is 653. The van der Waals surface area contributed by atoms with E-state index in [1.165, 1.54) is 0 Å². The molecule has 0 aromatic heterocycles. The quantitative estimate of drug-likeness (QED) is 0.639. The van der Waals surface area contributed by atoms with E-state index >= 15 is 0 Å². The minimum absolute atomic E-state index is 0.0287. The summed E-state index contributed by atoms with van der Waals surface area (Å²) in [6.07, 6.45) is 0. The summed E-state index contributed by atoms with van der Waals surface area (Å²) in [6.45, 7) is 0.0573. The molecule has 2 aromatic carbocycles. The summed E-state index contributed by atoms with van der Waals surface area (Å²) < 4.78 is 10.4. The van der Waals surface area contributed by atoms with E-state index in [1.807, 2.05) is 48.5 Å². The van der Waals surface area contributed by atoms with Crippen LogP contribution < -0.4 is 9.64 Å². The van der Waals surface area contributed by atoms with Gasteiger partial charge in [0.1, 0.15) is 18.8 Å². The lowest BCUT2D eigenvalue weighted by molar-refractivity contribution is -0.160. The van der Waals surface area contributed by atoms with E-state index in [9.17, 15) is 9.59 Å². The highest BCUT2D eigenvalue weighted by molar-refractivity contribution is 5.94. The van der Waals surface area contributed by atoms with Crippen molar-refractivity contribution in [2.24, 2.45) is 0 Å². The molecule has 0 aliphatic carbocycles. The van der Waals surface area contributed by atoms with E-state index < -0.39 is 11.9 Å². The number of esters is 2. The normalized spacial score (nSPS) is 14.8. The largest absolute Gasteiger partial charge is 0.455 e. The van der Waals surface area contributed by atoms with Crippen LogP contribution in [0.2, 0.25) is 0 Å². The van der Waals surface area contributed by atoms with Crippen LogP contribution in [0, 0.1) is 0 Å². The molecule has 0 N–H and O–H groups in total. The molecular formula is C16H13NO4. The Morgan fingerprint density at radius 1 is 0.857 bits per heavy atom. The van der Waals surface area contributed by atoms with Crippen molar-refractivity contribution in [3.63, 3.8) is 0 Å². The highest BCUT2D eigenvalue weighted by Crippen LogP contribution is 2.32. The fraction of sp³-hybridized carbons (Fsp3) is 0.125. The van der Waals surface area contributed by atoms with E-state index in [4.69, 9.17) is 4.74 Å². The van der Waals surface area contributed by atoms with Gasteiger partial charge in [-0.25, -0.2) is 9.59 Å². The average Bonchev–Trinajstić information content (AvgIpc) is 2.48. The molecule has 1 aliphatic rings. The molecule has 0 spiro atoms. The Labute approximate surface area is 121 Å². The highest BCUT2D eigenvalue weighted by Gasteiger charge is 2.26. The van der Waals surface area contributed by atoms with Gasteiger partial charge in [-0.2, -0.15) is 0 Å². The summed E-state index contributed by atoms with van der Waals surface area (Å²) in [5, 5.41) is 0. The Balaban J connectivity index is 1.89. The summed E-state index contributed by atoms with van der Waals surface area (Å²) >= 11 is 0. The predicted octanol–water partition coefficient (Wildman–Crippen LogP) is 2.37. The standard InChI is InChI=1S/C16H13NO4/c18-15-10-17(11-16(19)21-15)13-8-4-5-9-14(13)20-12-6-2-1-3-7-12/h1-9H,10-11H2. The van der Waals surface area contributed by atoms with Crippen LogP contribution in [0.3, 0.4) is 0 Å². The van der Waals surface area contributed by atoms with Gasteiger partial charge in [-0.1, -0.05) is 30.3 Å². The molecule has 0 radical (unpaired) electrons. The Morgan fingerprint density at radius 2 is 1.48 bits per heavy atom. The van der Waals surface area contributed by atoms with Crippen molar-refractivity contribution < 1.29 is 19.1 Å². The first-order valence-corrected chi connectivity index (χ1v) is 6.53. The van der Waals surface area contributed by atoms with E-state index in [-0.39, 0.29) is 13.1 Å². The van der Waals surface area contributed by atoms with Gasteiger partial charge in [0.15, 0.2) is 5.75 Å². The summed E-state index contributed by atoms with van der Waals surface area (Å²) in [6, 6.07) is 16.6. The third kappa shape index (κ3) is 3.02. The first-order chi connectivity index (χ1) is 10.2. The van der Waals surface area contributed by atoms with Crippen molar-refractivity contribution in [3.8, 4) is 11.5 Å². The highest BCUT2D eigenvalue weighted by atomic mass is 16.6. The third-order valence-corrected chi connectivity index (χ3v) is 3.04. The first-order valence-electron chi connectivity index (χ1n) is 6.53. The summed E-state index contributed by atoms with van der Waals surface area (Å²) in [5.41, 5.74) is 0.686. The number of para-hydroxylation sites is 3. The molecule has 5 heteroatoms. The number of hydrogen-bond acceptors (Lipinski definition) is 5. The fourth-order valence-corrected chi connectivity index (χ4v) is 2.15. The lowest BCUT2D eigenvalue weighted by Crippen LogP contribution is -2.43. The molecule has 21 heavy (non-hydrogen) atoms. The second-order valence-corrected chi connectivity index (χ2v) is 4.58. The lowest BCUT2D eigenvalue weighted by atomic mass is 10.2. The van der Waals surface area contributed by atoms with Crippen LogP contribution in [0.4, 0.5) is 5.69 Å². The average molecular weight is 283 g/mol. The van der Waals surface area contributed by atoms with Crippen molar-refractivity contribution in [2.75, 3.05) is 18.0 Å². The number of carbonyl (C=O) groups excluding carboxylic acids is 2. The Kier molecular flexibility index (Phi) is 3.55. The molecule has 5 nitrogen and oxygen atoms in total. The van der Waals surface area contributed by atoms with Crippen molar-refractivity contribution >= 4 is 17.6 Å². The van der Waals surface area contributed by atoms with Crippen LogP contribution in [-0.4, -0.2) is 25.0 Å². The number of hydrogen-bond donors (Lipinski definition) is 0. The minimum Gasteiger partial charge on any atom is -0.455 e. The van der Waals surface area contributed by atoms with Crippen molar-refractivity contribution in [1.29, 1.82) is 0 Å². The summed E-state index contributed by atoms with van der Waals surface area (Å²) in [5.74, 6) is 0.170. The van der Waals surface area contributed by atoms with Crippen molar-refractivity contribution in [3.05, 3.63) is 54.6 Å². The number of anilines is 1. The number of cyclic esters (lactones) is 2. The zero-order valence-electron chi connectivity index (χ0n) is 11.2. The topological polar surface area (TPSA) is 55.8 Å². The number of nitrogens with zero attached hydrogens (tertiary/aromatic N) is 1. The number of rotatable bonds is 3. The zero-order chi connectivity index (χ0) is 14.7. The maximum Gasteiger partial charge on any atom is 0.333 e. The number of morpholine rings is 1. The molecule has 0 unspecified atom stereocenters. The van der Waals surface area contributed by atoms with Gasteiger partial charge >= 0.3 is 11.9 Å². The molecule has 0 amide bonds.